The lowest BCUT2D eigenvalue weighted by Gasteiger charge is -2.23. The molecule has 2 atom stereocenters. The number of anilines is 1. The van der Waals surface area contributed by atoms with Gasteiger partial charge in [0.25, 0.3) is 0 Å². The number of carbonyl (C=O) groups is 1. The number of hydrogen-bond donors (Lipinski definition) is 0. The van der Waals surface area contributed by atoms with Crippen molar-refractivity contribution < 1.29 is 4.79 Å². The molecule has 1 aromatic carbocycles. The number of amides is 1. The first-order chi connectivity index (χ1) is 7.68. The number of rotatable bonds is 0. The van der Waals surface area contributed by atoms with Crippen molar-refractivity contribution in [3.8, 4) is 0 Å². The van der Waals surface area contributed by atoms with E-state index in [0.29, 0.717) is 0 Å². The molecular formula is C13H14ClNO. The lowest BCUT2D eigenvalue weighted by atomic mass is 10.0. The normalized spacial score (nSPS) is 27.9. The zero-order chi connectivity index (χ0) is 11.3. The van der Waals surface area contributed by atoms with Crippen molar-refractivity contribution in [2.45, 2.75) is 37.6 Å². The smallest absolute Gasteiger partial charge is 0.245 e. The average Bonchev–Trinajstić information content (AvgIpc) is 2.54. The van der Waals surface area contributed by atoms with Crippen molar-refractivity contribution >= 4 is 23.2 Å². The Morgan fingerprint density at radius 3 is 2.94 bits per heavy atom. The minimum atomic E-state index is -0.360. The highest BCUT2D eigenvalue weighted by Gasteiger charge is 2.37. The van der Waals surface area contributed by atoms with Crippen LogP contribution in [0.5, 0.6) is 0 Å². The molecule has 3 heteroatoms. The molecule has 1 aromatic rings. The quantitative estimate of drug-likeness (QED) is 0.633. The Balaban J connectivity index is 2.19. The molecule has 84 valence electrons. The molecule has 2 unspecified atom stereocenters. The van der Waals surface area contributed by atoms with Crippen molar-refractivity contribution in [3.05, 3.63) is 29.3 Å². The van der Waals surface area contributed by atoms with Gasteiger partial charge in [-0.3, -0.25) is 4.79 Å². The summed E-state index contributed by atoms with van der Waals surface area (Å²) in [5.74, 6) is 0.0814. The molecule has 0 saturated carbocycles. The maximum atomic E-state index is 12.2. The Morgan fingerprint density at radius 2 is 2.12 bits per heavy atom. The molecule has 16 heavy (non-hydrogen) atoms. The van der Waals surface area contributed by atoms with Crippen LogP contribution in [0.25, 0.3) is 0 Å². The number of nitrogens with zero attached hydrogens (tertiary/aromatic N) is 1. The Bertz CT molecular complexity index is 457. The largest absolute Gasteiger partial charge is 0.307 e. The number of aryl methyl sites for hydroxylation is 1. The van der Waals surface area contributed by atoms with Gasteiger partial charge in [0.05, 0.1) is 5.69 Å². The van der Waals surface area contributed by atoms with Crippen LogP contribution in [0.15, 0.2) is 18.2 Å². The maximum absolute atomic E-state index is 12.2. The van der Waals surface area contributed by atoms with Crippen molar-refractivity contribution in [2.75, 3.05) is 4.90 Å². The van der Waals surface area contributed by atoms with Crippen molar-refractivity contribution in [1.29, 1.82) is 0 Å². The van der Waals surface area contributed by atoms with Gasteiger partial charge in [-0.15, -0.1) is 11.6 Å². The lowest BCUT2D eigenvalue weighted by molar-refractivity contribution is -0.118. The van der Waals surface area contributed by atoms with E-state index in [1.165, 1.54) is 11.1 Å². The molecule has 0 aromatic heterocycles. The van der Waals surface area contributed by atoms with E-state index in [2.05, 4.69) is 25.1 Å². The van der Waals surface area contributed by atoms with E-state index in [4.69, 9.17) is 11.6 Å². The van der Waals surface area contributed by atoms with Gasteiger partial charge in [-0.05, 0) is 37.3 Å². The minimum absolute atomic E-state index is 0.0814. The molecule has 2 aliphatic rings. The zero-order valence-corrected chi connectivity index (χ0v) is 10.00. The fraction of sp³-hybridized carbons (Fsp3) is 0.462. The summed E-state index contributed by atoms with van der Waals surface area (Å²) >= 11 is 6.13. The number of carbonyl (C=O) groups excluding carboxylic acids is 1. The molecule has 0 bridgehead atoms. The fourth-order valence-electron chi connectivity index (χ4n) is 2.83. The van der Waals surface area contributed by atoms with Crippen LogP contribution in [0.2, 0.25) is 0 Å². The van der Waals surface area contributed by atoms with Gasteiger partial charge >= 0.3 is 0 Å². The molecule has 0 spiro atoms. The van der Waals surface area contributed by atoms with E-state index in [9.17, 15) is 4.79 Å². The molecule has 0 radical (unpaired) electrons. The second-order valence-electron chi connectivity index (χ2n) is 4.69. The van der Waals surface area contributed by atoms with Gasteiger partial charge in [-0.1, -0.05) is 18.2 Å². The van der Waals surface area contributed by atoms with Crippen LogP contribution in [0.4, 0.5) is 5.69 Å². The molecule has 0 N–H and O–H groups in total. The maximum Gasteiger partial charge on any atom is 0.245 e. The summed E-state index contributed by atoms with van der Waals surface area (Å²) in [6.45, 7) is 2.09. The van der Waals surface area contributed by atoms with E-state index < -0.39 is 0 Å². The molecule has 0 saturated heterocycles. The summed E-state index contributed by atoms with van der Waals surface area (Å²) in [4.78, 5) is 14.1. The van der Waals surface area contributed by atoms with Gasteiger partial charge in [0, 0.05) is 6.04 Å². The fourth-order valence-corrected chi connectivity index (χ4v) is 3.05. The van der Waals surface area contributed by atoms with Gasteiger partial charge in [-0.25, -0.2) is 0 Å². The molecule has 2 nitrogen and oxygen atoms in total. The number of hydrogen-bond acceptors (Lipinski definition) is 1. The zero-order valence-electron chi connectivity index (χ0n) is 9.24. The van der Waals surface area contributed by atoms with Crippen LogP contribution in [0, 0.1) is 0 Å². The highest BCUT2D eigenvalue weighted by molar-refractivity contribution is 6.33. The van der Waals surface area contributed by atoms with Gasteiger partial charge < -0.3 is 4.90 Å². The predicted molar refractivity (Wildman–Crippen MR) is 65.1 cm³/mol. The highest BCUT2D eigenvalue weighted by Crippen LogP contribution is 2.39. The topological polar surface area (TPSA) is 20.3 Å². The molecule has 2 aliphatic heterocycles. The van der Waals surface area contributed by atoms with E-state index >= 15 is 0 Å². The Hall–Kier alpha value is -1.02. The van der Waals surface area contributed by atoms with Crippen LogP contribution in [0.1, 0.15) is 24.5 Å². The number of alkyl halides is 1. The second-order valence-corrected chi connectivity index (χ2v) is 5.22. The second kappa shape index (κ2) is 3.49. The van der Waals surface area contributed by atoms with Crippen LogP contribution in [0.3, 0.4) is 0 Å². The third-order valence-electron chi connectivity index (χ3n) is 3.57. The molecular weight excluding hydrogens is 222 g/mol. The first-order valence-corrected chi connectivity index (χ1v) is 6.20. The van der Waals surface area contributed by atoms with Crippen LogP contribution >= 0.6 is 11.6 Å². The van der Waals surface area contributed by atoms with Crippen LogP contribution in [-0.2, 0) is 17.6 Å². The van der Waals surface area contributed by atoms with E-state index in [1.807, 2.05) is 4.90 Å². The van der Waals surface area contributed by atoms with Crippen molar-refractivity contribution in [1.82, 2.24) is 0 Å². The predicted octanol–water partition coefficient (Wildman–Crippen LogP) is 2.52. The third kappa shape index (κ3) is 1.29. The summed E-state index contributed by atoms with van der Waals surface area (Å²) < 4.78 is 0. The lowest BCUT2D eigenvalue weighted by Crippen LogP contribution is -2.39. The average molecular weight is 236 g/mol. The summed E-state index contributed by atoms with van der Waals surface area (Å²) in [7, 11) is 0. The van der Waals surface area contributed by atoms with Gasteiger partial charge in [0.15, 0.2) is 0 Å². The number of benzene rings is 1. The molecule has 3 rings (SSSR count). The van der Waals surface area contributed by atoms with Gasteiger partial charge in [0.2, 0.25) is 5.91 Å². The Morgan fingerprint density at radius 1 is 1.38 bits per heavy atom. The van der Waals surface area contributed by atoms with E-state index in [0.717, 1.165) is 24.9 Å². The summed E-state index contributed by atoms with van der Waals surface area (Å²) in [6, 6.07) is 6.58. The highest BCUT2D eigenvalue weighted by atomic mass is 35.5. The standard InChI is InChI=1S/C13H14ClNO/c1-8-7-10-4-2-3-9-5-6-11(14)13(16)15(8)12(9)10/h2-4,8,11H,5-7H2,1H3. The Kier molecular flexibility index (Phi) is 2.21. The van der Waals surface area contributed by atoms with Gasteiger partial charge in [0.1, 0.15) is 5.38 Å². The summed E-state index contributed by atoms with van der Waals surface area (Å²) in [5.41, 5.74) is 3.71. The summed E-state index contributed by atoms with van der Waals surface area (Å²) in [5, 5.41) is -0.360. The van der Waals surface area contributed by atoms with Crippen LogP contribution < -0.4 is 4.90 Å². The molecule has 0 aliphatic carbocycles. The molecule has 2 heterocycles. The minimum Gasteiger partial charge on any atom is -0.307 e. The SMILES string of the molecule is CC1Cc2cccc3c2N1C(=O)C(Cl)CC3. The monoisotopic (exact) mass is 235 g/mol. The molecule has 1 amide bonds. The Labute approximate surface area is 100 Å². The number of halogens is 1. The van der Waals surface area contributed by atoms with Crippen LogP contribution in [-0.4, -0.2) is 17.3 Å². The van der Waals surface area contributed by atoms with Crippen molar-refractivity contribution in [2.24, 2.45) is 0 Å². The third-order valence-corrected chi connectivity index (χ3v) is 3.98. The number of para-hydroxylation sites is 1. The summed E-state index contributed by atoms with van der Waals surface area (Å²) in [6.07, 6.45) is 2.62. The first kappa shape index (κ1) is 10.2. The van der Waals surface area contributed by atoms with E-state index in [1.54, 1.807) is 0 Å². The van der Waals surface area contributed by atoms with Gasteiger partial charge in [-0.2, -0.15) is 0 Å². The van der Waals surface area contributed by atoms with Crippen molar-refractivity contribution in [3.63, 3.8) is 0 Å². The molecule has 0 fully saturated rings. The first-order valence-electron chi connectivity index (χ1n) is 5.76. The van der Waals surface area contributed by atoms with E-state index in [-0.39, 0.29) is 17.3 Å².